The Labute approximate surface area is 164 Å². The molecule has 6 nitrogen and oxygen atoms in total. The van der Waals surface area contributed by atoms with Crippen LogP contribution in [0.5, 0.6) is 0 Å². The maximum absolute atomic E-state index is 11.6. The predicted octanol–water partition coefficient (Wildman–Crippen LogP) is 3.29. The Morgan fingerprint density at radius 2 is 2.00 bits per heavy atom. The van der Waals surface area contributed by atoms with Gasteiger partial charge in [0.25, 0.3) is 0 Å². The zero-order valence-corrected chi connectivity index (χ0v) is 16.0. The van der Waals surface area contributed by atoms with Gasteiger partial charge in [-0.3, -0.25) is 19.4 Å². The van der Waals surface area contributed by atoms with Crippen molar-refractivity contribution in [2.45, 2.75) is 26.4 Å². The zero-order chi connectivity index (χ0) is 19.6. The Hall–Kier alpha value is -2.99. The average Bonchev–Trinajstić information content (AvgIpc) is 3.28. The van der Waals surface area contributed by atoms with Crippen molar-refractivity contribution in [2.75, 3.05) is 13.1 Å². The Kier molecular flexibility index (Phi) is 4.96. The third-order valence-electron chi connectivity index (χ3n) is 5.42. The van der Waals surface area contributed by atoms with Gasteiger partial charge in [-0.2, -0.15) is 5.10 Å². The van der Waals surface area contributed by atoms with Crippen molar-refractivity contribution < 1.29 is 9.90 Å². The monoisotopic (exact) mass is 376 g/mol. The van der Waals surface area contributed by atoms with Crippen LogP contribution in [0.1, 0.15) is 24.5 Å². The maximum Gasteiger partial charge on any atom is 0.310 e. The van der Waals surface area contributed by atoms with Crippen molar-refractivity contribution in [3.8, 4) is 11.3 Å². The van der Waals surface area contributed by atoms with Crippen molar-refractivity contribution >= 4 is 5.97 Å². The summed E-state index contributed by atoms with van der Waals surface area (Å²) in [4.78, 5) is 18.0. The fourth-order valence-electron chi connectivity index (χ4n) is 3.78. The zero-order valence-electron chi connectivity index (χ0n) is 16.0. The molecule has 1 saturated heterocycles. The number of hydrogen-bond donors (Lipinski definition) is 1. The van der Waals surface area contributed by atoms with Crippen LogP contribution in [0.4, 0.5) is 0 Å². The van der Waals surface area contributed by atoms with Gasteiger partial charge in [0.05, 0.1) is 17.7 Å². The van der Waals surface area contributed by atoms with Gasteiger partial charge >= 0.3 is 5.97 Å². The number of aliphatic carboxylic acids is 1. The first-order valence-electron chi connectivity index (χ1n) is 9.50. The number of aromatic nitrogens is 3. The molecule has 1 aromatic carbocycles. The van der Waals surface area contributed by atoms with Crippen LogP contribution in [0, 0.1) is 5.41 Å². The molecule has 1 unspecified atom stereocenters. The normalized spacial score (nSPS) is 19.8. The van der Waals surface area contributed by atoms with Crippen molar-refractivity contribution in [3.63, 3.8) is 0 Å². The largest absolute Gasteiger partial charge is 0.481 e. The van der Waals surface area contributed by atoms with Crippen molar-refractivity contribution in [2.24, 2.45) is 5.41 Å². The van der Waals surface area contributed by atoms with Crippen LogP contribution >= 0.6 is 0 Å². The first kappa shape index (κ1) is 18.4. The molecule has 1 aliphatic rings. The Bertz CT molecular complexity index is 955. The van der Waals surface area contributed by atoms with Gasteiger partial charge < -0.3 is 5.11 Å². The highest BCUT2D eigenvalue weighted by Gasteiger charge is 2.40. The summed E-state index contributed by atoms with van der Waals surface area (Å²) in [5, 5.41) is 14.3. The minimum Gasteiger partial charge on any atom is -0.481 e. The van der Waals surface area contributed by atoms with E-state index in [1.165, 1.54) is 5.56 Å². The summed E-state index contributed by atoms with van der Waals surface area (Å²) in [6.45, 7) is 4.54. The average molecular weight is 376 g/mol. The van der Waals surface area contributed by atoms with Gasteiger partial charge in [-0.25, -0.2) is 0 Å². The van der Waals surface area contributed by atoms with Crippen LogP contribution in [0.2, 0.25) is 0 Å². The van der Waals surface area contributed by atoms with Gasteiger partial charge in [-0.1, -0.05) is 30.3 Å². The second-order valence-corrected chi connectivity index (χ2v) is 7.75. The maximum atomic E-state index is 11.6. The molecule has 0 spiro atoms. The fraction of sp³-hybridized carbons (Fsp3) is 0.318. The molecule has 0 bridgehead atoms. The number of benzene rings is 1. The van der Waals surface area contributed by atoms with Crippen molar-refractivity contribution in [1.29, 1.82) is 0 Å². The lowest BCUT2D eigenvalue weighted by atomic mass is 9.90. The molecule has 2 aromatic heterocycles. The molecule has 6 heteroatoms. The lowest BCUT2D eigenvalue weighted by Crippen LogP contribution is -2.31. The third-order valence-corrected chi connectivity index (χ3v) is 5.42. The van der Waals surface area contributed by atoms with Gasteiger partial charge in [-0.15, -0.1) is 0 Å². The molecule has 1 aliphatic heterocycles. The molecule has 4 rings (SSSR count). The molecule has 0 radical (unpaired) electrons. The van der Waals surface area contributed by atoms with Gasteiger partial charge in [0.15, 0.2) is 0 Å². The summed E-state index contributed by atoms with van der Waals surface area (Å²) >= 11 is 0. The number of likely N-dealkylation sites (tertiary alicyclic amines) is 1. The molecule has 3 heterocycles. The quantitative estimate of drug-likeness (QED) is 0.715. The number of rotatable bonds is 6. The number of pyridine rings is 1. The van der Waals surface area contributed by atoms with E-state index in [0.29, 0.717) is 26.1 Å². The molecule has 1 N–H and O–H groups in total. The lowest BCUT2D eigenvalue weighted by molar-refractivity contribution is -0.147. The summed E-state index contributed by atoms with van der Waals surface area (Å²) in [7, 11) is 0. The Balaban J connectivity index is 1.61. The molecule has 1 atom stereocenters. The first-order valence-corrected chi connectivity index (χ1v) is 9.50. The van der Waals surface area contributed by atoms with E-state index < -0.39 is 11.4 Å². The van der Waals surface area contributed by atoms with E-state index in [0.717, 1.165) is 23.4 Å². The molecule has 0 saturated carbocycles. The minimum absolute atomic E-state index is 0.554. The van der Waals surface area contributed by atoms with Crippen molar-refractivity contribution in [3.05, 3.63) is 72.2 Å². The predicted molar refractivity (Wildman–Crippen MR) is 107 cm³/mol. The van der Waals surface area contributed by atoms with Crippen LogP contribution in [-0.4, -0.2) is 43.8 Å². The summed E-state index contributed by atoms with van der Waals surface area (Å²) < 4.78 is 1.96. The fourth-order valence-corrected chi connectivity index (χ4v) is 3.78. The van der Waals surface area contributed by atoms with E-state index in [9.17, 15) is 9.90 Å². The molecule has 1 fully saturated rings. The first-order chi connectivity index (χ1) is 13.5. The Morgan fingerprint density at radius 3 is 2.68 bits per heavy atom. The highest BCUT2D eigenvalue weighted by Crippen LogP contribution is 2.32. The molecule has 28 heavy (non-hydrogen) atoms. The summed E-state index contributed by atoms with van der Waals surface area (Å²) in [6.07, 6.45) is 6.32. The van der Waals surface area contributed by atoms with Gasteiger partial charge in [-0.05, 0) is 37.6 Å². The lowest BCUT2D eigenvalue weighted by Gasteiger charge is -2.19. The van der Waals surface area contributed by atoms with Crippen LogP contribution in [0.25, 0.3) is 11.3 Å². The second kappa shape index (κ2) is 7.56. The Morgan fingerprint density at radius 1 is 1.18 bits per heavy atom. The second-order valence-electron chi connectivity index (χ2n) is 7.75. The van der Waals surface area contributed by atoms with E-state index in [2.05, 4.69) is 28.2 Å². The van der Waals surface area contributed by atoms with E-state index in [4.69, 9.17) is 5.10 Å². The van der Waals surface area contributed by atoms with Crippen LogP contribution in [-0.2, 0) is 17.9 Å². The molecule has 0 amide bonds. The molecular formula is C22H24N4O2. The molecule has 144 valence electrons. The van der Waals surface area contributed by atoms with Crippen LogP contribution in [0.3, 0.4) is 0 Å². The summed E-state index contributed by atoms with van der Waals surface area (Å²) in [5.41, 5.74) is 3.50. The minimum atomic E-state index is -0.720. The van der Waals surface area contributed by atoms with Crippen LogP contribution < -0.4 is 0 Å². The molecule has 3 aromatic rings. The number of carboxylic acids is 1. The number of nitrogens with zero attached hydrogens (tertiary/aromatic N) is 4. The SMILES string of the molecule is CC1(C(=O)O)CCN(Cc2cn(Cc3ccccc3)nc2-c2cccnc2)C1. The van der Waals surface area contributed by atoms with E-state index >= 15 is 0 Å². The van der Waals surface area contributed by atoms with Crippen molar-refractivity contribution in [1.82, 2.24) is 19.7 Å². The highest BCUT2D eigenvalue weighted by atomic mass is 16.4. The van der Waals surface area contributed by atoms with E-state index in [-0.39, 0.29) is 0 Å². The van der Waals surface area contributed by atoms with E-state index in [1.54, 1.807) is 6.20 Å². The standard InChI is InChI=1S/C22H24N4O2/c1-22(21(27)28)9-11-25(16-22)14-19-15-26(13-17-6-3-2-4-7-17)24-20(19)18-8-5-10-23-12-18/h2-8,10,12,15H,9,11,13-14,16H2,1H3,(H,27,28). The summed E-state index contributed by atoms with van der Waals surface area (Å²) in [6, 6.07) is 14.2. The topological polar surface area (TPSA) is 71.2 Å². The molecule has 0 aliphatic carbocycles. The van der Waals surface area contributed by atoms with Gasteiger partial charge in [0, 0.05) is 42.8 Å². The molecular weight excluding hydrogens is 352 g/mol. The number of carbonyl (C=O) groups is 1. The van der Waals surface area contributed by atoms with Crippen LogP contribution in [0.15, 0.2) is 61.1 Å². The summed E-state index contributed by atoms with van der Waals surface area (Å²) in [5.74, 6) is -0.720. The number of hydrogen-bond acceptors (Lipinski definition) is 4. The highest BCUT2D eigenvalue weighted by molar-refractivity contribution is 5.74. The number of carboxylic acid groups (broad SMARTS) is 1. The third kappa shape index (κ3) is 3.82. The smallest absolute Gasteiger partial charge is 0.310 e. The van der Waals surface area contributed by atoms with Gasteiger partial charge in [0.1, 0.15) is 0 Å². The van der Waals surface area contributed by atoms with E-state index in [1.807, 2.05) is 48.1 Å². The van der Waals surface area contributed by atoms with Gasteiger partial charge in [0.2, 0.25) is 0 Å².